The summed E-state index contributed by atoms with van der Waals surface area (Å²) in [5.41, 5.74) is 5.38. The zero-order valence-corrected chi connectivity index (χ0v) is 21.2. The molecule has 2 amide bonds. The summed E-state index contributed by atoms with van der Waals surface area (Å²) in [5, 5.41) is 21.0. The molecule has 0 saturated heterocycles. The number of primary amides is 1. The number of aliphatic hydroxyl groups is 2. The third kappa shape index (κ3) is 20.9. The van der Waals surface area contributed by atoms with Crippen molar-refractivity contribution in [3.63, 3.8) is 0 Å². The lowest BCUT2D eigenvalue weighted by atomic mass is 10.0. The summed E-state index contributed by atoms with van der Waals surface area (Å²) < 4.78 is 0. The zero-order valence-electron chi connectivity index (χ0n) is 21.2. The largest absolute Gasteiger partial charge is 0.396 e. The number of nitrogens with one attached hydrogen (secondary N) is 1. The summed E-state index contributed by atoms with van der Waals surface area (Å²) in [5.74, 6) is -1.16. The van der Waals surface area contributed by atoms with Crippen LogP contribution >= 0.6 is 0 Å². The van der Waals surface area contributed by atoms with E-state index in [9.17, 15) is 14.7 Å². The lowest BCUT2D eigenvalue weighted by Gasteiger charge is -2.18. The van der Waals surface area contributed by atoms with Gasteiger partial charge in [0.1, 0.15) is 12.1 Å². The van der Waals surface area contributed by atoms with E-state index in [4.69, 9.17) is 10.8 Å². The lowest BCUT2D eigenvalue weighted by Crippen LogP contribution is -2.48. The lowest BCUT2D eigenvalue weighted by molar-refractivity contribution is -0.133. The fraction of sp³-hybridized carbons (Fsp3) is 0.852. The van der Waals surface area contributed by atoms with Gasteiger partial charge in [0.05, 0.1) is 0 Å². The minimum absolute atomic E-state index is 0.0834. The summed E-state index contributed by atoms with van der Waals surface area (Å²) in [6, 6.07) is -0.740. The van der Waals surface area contributed by atoms with Crippen molar-refractivity contribution in [2.45, 2.75) is 141 Å². The average molecular weight is 469 g/mol. The normalized spacial score (nSPS) is 13.3. The second-order valence-electron chi connectivity index (χ2n) is 9.28. The summed E-state index contributed by atoms with van der Waals surface area (Å²) in [7, 11) is 0. The molecule has 0 aromatic heterocycles. The van der Waals surface area contributed by atoms with E-state index in [1.165, 1.54) is 83.5 Å². The number of aliphatic hydroxyl groups excluding tert-OH is 2. The first-order valence-electron chi connectivity index (χ1n) is 13.6. The molecule has 0 rings (SSSR count). The van der Waals surface area contributed by atoms with Crippen LogP contribution in [0.15, 0.2) is 12.2 Å². The van der Waals surface area contributed by atoms with Gasteiger partial charge in [-0.25, -0.2) is 0 Å². The second kappa shape index (κ2) is 23.7. The van der Waals surface area contributed by atoms with Crippen molar-refractivity contribution in [3.8, 4) is 0 Å². The zero-order chi connectivity index (χ0) is 24.6. The van der Waals surface area contributed by atoms with Crippen LogP contribution in [0.3, 0.4) is 0 Å². The van der Waals surface area contributed by atoms with Gasteiger partial charge in [0.2, 0.25) is 11.8 Å². The van der Waals surface area contributed by atoms with E-state index in [2.05, 4.69) is 24.4 Å². The molecule has 6 nitrogen and oxygen atoms in total. The number of amides is 2. The van der Waals surface area contributed by atoms with Crippen molar-refractivity contribution in [1.29, 1.82) is 0 Å². The molecular weight excluding hydrogens is 416 g/mol. The van der Waals surface area contributed by atoms with Crippen molar-refractivity contribution in [1.82, 2.24) is 5.32 Å². The molecule has 33 heavy (non-hydrogen) atoms. The highest BCUT2D eigenvalue weighted by Crippen LogP contribution is 2.13. The van der Waals surface area contributed by atoms with E-state index in [0.717, 1.165) is 19.3 Å². The van der Waals surface area contributed by atoms with Gasteiger partial charge in [-0.05, 0) is 44.9 Å². The Balaban J connectivity index is 3.58. The van der Waals surface area contributed by atoms with Gasteiger partial charge in [-0.3, -0.25) is 9.59 Å². The number of rotatable bonds is 24. The summed E-state index contributed by atoms with van der Waals surface area (Å²) in [4.78, 5) is 23.5. The highest BCUT2D eigenvalue weighted by Gasteiger charge is 2.22. The average Bonchev–Trinajstić information content (AvgIpc) is 2.80. The third-order valence-corrected chi connectivity index (χ3v) is 6.10. The predicted octanol–water partition coefficient (Wildman–Crippen LogP) is 5.30. The van der Waals surface area contributed by atoms with E-state index in [1.54, 1.807) is 0 Å². The number of unbranched alkanes of at least 4 members (excludes halogenated alkanes) is 14. The van der Waals surface area contributed by atoms with E-state index >= 15 is 0 Å². The van der Waals surface area contributed by atoms with E-state index in [-0.39, 0.29) is 13.0 Å². The number of hydrogen-bond donors (Lipinski definition) is 4. The quantitative estimate of drug-likeness (QED) is 0.114. The molecule has 0 fully saturated rings. The molecule has 0 aromatic carbocycles. The van der Waals surface area contributed by atoms with Gasteiger partial charge < -0.3 is 21.3 Å². The van der Waals surface area contributed by atoms with Gasteiger partial charge in [-0.15, -0.1) is 0 Å². The van der Waals surface area contributed by atoms with Gasteiger partial charge in [-0.1, -0.05) is 96.1 Å². The maximum atomic E-state index is 11.9. The van der Waals surface area contributed by atoms with Gasteiger partial charge in [0, 0.05) is 6.61 Å². The molecule has 6 heteroatoms. The van der Waals surface area contributed by atoms with Crippen molar-refractivity contribution in [2.24, 2.45) is 5.73 Å². The highest BCUT2D eigenvalue weighted by molar-refractivity contribution is 5.88. The van der Waals surface area contributed by atoms with E-state index < -0.39 is 24.0 Å². The Hall–Kier alpha value is -1.40. The van der Waals surface area contributed by atoms with Crippen LogP contribution in [-0.2, 0) is 9.59 Å². The van der Waals surface area contributed by atoms with Crippen molar-refractivity contribution in [2.75, 3.05) is 6.61 Å². The van der Waals surface area contributed by atoms with Crippen molar-refractivity contribution >= 4 is 11.8 Å². The first-order chi connectivity index (χ1) is 16.0. The summed E-state index contributed by atoms with van der Waals surface area (Å²) in [6.07, 6.45) is 24.4. The molecule has 0 bridgehead atoms. The maximum absolute atomic E-state index is 11.9. The molecule has 0 aliphatic rings. The Morgan fingerprint density at radius 1 is 0.758 bits per heavy atom. The smallest absolute Gasteiger partial charge is 0.249 e. The Bertz CT molecular complexity index is 497. The second-order valence-corrected chi connectivity index (χ2v) is 9.28. The summed E-state index contributed by atoms with van der Waals surface area (Å²) in [6.45, 7) is 2.18. The highest BCUT2D eigenvalue weighted by atomic mass is 16.3. The summed E-state index contributed by atoms with van der Waals surface area (Å²) >= 11 is 0. The number of hydrogen-bond acceptors (Lipinski definition) is 4. The van der Waals surface area contributed by atoms with Crippen LogP contribution in [0.1, 0.15) is 129 Å². The maximum Gasteiger partial charge on any atom is 0.249 e. The molecule has 2 unspecified atom stereocenters. The van der Waals surface area contributed by atoms with Gasteiger partial charge in [0.25, 0.3) is 0 Å². The van der Waals surface area contributed by atoms with Crippen molar-refractivity contribution in [3.05, 3.63) is 12.2 Å². The topological polar surface area (TPSA) is 113 Å². The third-order valence-electron chi connectivity index (χ3n) is 6.10. The molecule has 0 aliphatic heterocycles. The molecule has 0 aromatic rings. The molecule has 5 N–H and O–H groups in total. The Labute approximate surface area is 202 Å². The van der Waals surface area contributed by atoms with Crippen LogP contribution in [0.4, 0.5) is 0 Å². The standard InChI is InChI=1S/C27H52N2O4/c1-2-3-4-5-6-7-8-9-10-11-12-13-14-15-16-17-18-19-21-24(26(28)32)29-27(33)25(31)22-20-23-30/h9-10,24-25,30-31H,2-8,11-23H2,1H3,(H2,28,32)(H,29,33)/b10-9-. The molecule has 0 spiro atoms. The van der Waals surface area contributed by atoms with Gasteiger partial charge >= 0.3 is 0 Å². The molecule has 0 aliphatic carbocycles. The Morgan fingerprint density at radius 3 is 1.73 bits per heavy atom. The molecule has 0 saturated carbocycles. The molecule has 194 valence electrons. The van der Waals surface area contributed by atoms with Crippen LogP contribution in [0.2, 0.25) is 0 Å². The Morgan fingerprint density at radius 2 is 1.24 bits per heavy atom. The van der Waals surface area contributed by atoms with E-state index in [0.29, 0.717) is 12.8 Å². The predicted molar refractivity (Wildman–Crippen MR) is 137 cm³/mol. The number of nitrogens with two attached hydrogens (primary N) is 1. The Kier molecular flexibility index (Phi) is 22.7. The van der Waals surface area contributed by atoms with Crippen LogP contribution in [0.5, 0.6) is 0 Å². The first-order valence-corrected chi connectivity index (χ1v) is 13.6. The molecule has 2 atom stereocenters. The fourth-order valence-electron chi connectivity index (χ4n) is 3.92. The minimum atomic E-state index is -1.21. The van der Waals surface area contributed by atoms with Crippen LogP contribution in [0.25, 0.3) is 0 Å². The van der Waals surface area contributed by atoms with Crippen LogP contribution < -0.4 is 11.1 Å². The van der Waals surface area contributed by atoms with Crippen LogP contribution in [0, 0.1) is 0 Å². The number of carbonyl (C=O) groups excluding carboxylic acids is 2. The molecule has 0 radical (unpaired) electrons. The SMILES string of the molecule is CCCCCCCC/C=C\CCCCCCCCCCC(NC(=O)C(O)CCCO)C(N)=O. The van der Waals surface area contributed by atoms with Gasteiger partial charge in [-0.2, -0.15) is 0 Å². The van der Waals surface area contributed by atoms with E-state index in [1.807, 2.05) is 0 Å². The van der Waals surface area contributed by atoms with Crippen molar-refractivity contribution < 1.29 is 19.8 Å². The first kappa shape index (κ1) is 31.6. The molecule has 0 heterocycles. The van der Waals surface area contributed by atoms with Crippen LogP contribution in [-0.4, -0.2) is 40.8 Å². The number of carbonyl (C=O) groups is 2. The number of allylic oxidation sites excluding steroid dienone is 2. The minimum Gasteiger partial charge on any atom is -0.396 e. The fourth-order valence-corrected chi connectivity index (χ4v) is 3.92. The van der Waals surface area contributed by atoms with Gasteiger partial charge in [0.15, 0.2) is 0 Å². The monoisotopic (exact) mass is 468 g/mol. The molecular formula is C27H52N2O4.